The molecule has 32 heavy (non-hydrogen) atoms. The van der Waals surface area contributed by atoms with E-state index in [1.54, 1.807) is 26.0 Å². The van der Waals surface area contributed by atoms with E-state index in [9.17, 15) is 9.59 Å². The molecular formula is C26H36N2O4. The molecule has 0 heterocycles. The smallest absolute Gasteiger partial charge is 0.242 e. The van der Waals surface area contributed by atoms with Gasteiger partial charge < -0.3 is 19.7 Å². The summed E-state index contributed by atoms with van der Waals surface area (Å²) in [7, 11) is 3.19. The first kappa shape index (κ1) is 25.2. The van der Waals surface area contributed by atoms with E-state index in [1.807, 2.05) is 49.4 Å². The molecule has 0 saturated heterocycles. The Kier molecular flexibility index (Phi) is 10.1. The number of rotatable bonds is 12. The summed E-state index contributed by atoms with van der Waals surface area (Å²) in [6, 6.07) is 13.1. The van der Waals surface area contributed by atoms with Gasteiger partial charge in [-0.25, -0.2) is 0 Å². The van der Waals surface area contributed by atoms with Crippen molar-refractivity contribution in [1.82, 2.24) is 10.2 Å². The van der Waals surface area contributed by atoms with Gasteiger partial charge >= 0.3 is 0 Å². The highest BCUT2D eigenvalue weighted by molar-refractivity contribution is 5.87. The molecule has 6 heteroatoms. The first-order chi connectivity index (χ1) is 15.4. The zero-order valence-corrected chi connectivity index (χ0v) is 19.9. The van der Waals surface area contributed by atoms with E-state index >= 15 is 0 Å². The summed E-state index contributed by atoms with van der Waals surface area (Å²) in [5, 5.41) is 2.96. The average molecular weight is 441 g/mol. The number of ether oxygens (including phenoxy) is 2. The molecule has 0 aliphatic rings. The Hall–Kier alpha value is -3.02. The van der Waals surface area contributed by atoms with Crippen molar-refractivity contribution in [2.45, 2.75) is 59.0 Å². The summed E-state index contributed by atoms with van der Waals surface area (Å²) >= 11 is 0. The number of amides is 2. The van der Waals surface area contributed by atoms with Gasteiger partial charge in [-0.1, -0.05) is 43.7 Å². The molecule has 6 nitrogen and oxygen atoms in total. The molecule has 2 amide bonds. The summed E-state index contributed by atoms with van der Waals surface area (Å²) in [6.45, 7) is 6.93. The Morgan fingerprint density at radius 2 is 1.78 bits per heavy atom. The van der Waals surface area contributed by atoms with Crippen LogP contribution in [0.1, 0.15) is 49.8 Å². The minimum Gasteiger partial charge on any atom is -0.493 e. The lowest BCUT2D eigenvalue weighted by Crippen LogP contribution is -2.48. The molecule has 0 saturated carbocycles. The van der Waals surface area contributed by atoms with Crippen LogP contribution in [0.5, 0.6) is 11.5 Å². The highest BCUT2D eigenvalue weighted by atomic mass is 16.5. The van der Waals surface area contributed by atoms with Crippen LogP contribution in [0.2, 0.25) is 0 Å². The van der Waals surface area contributed by atoms with Gasteiger partial charge in [0.25, 0.3) is 0 Å². The van der Waals surface area contributed by atoms with Crippen molar-refractivity contribution in [3.63, 3.8) is 0 Å². The normalized spacial score (nSPS) is 11.5. The van der Waals surface area contributed by atoms with E-state index in [0.717, 1.165) is 29.5 Å². The predicted molar refractivity (Wildman–Crippen MR) is 127 cm³/mol. The van der Waals surface area contributed by atoms with Crippen LogP contribution in [0.25, 0.3) is 0 Å². The average Bonchev–Trinajstić information content (AvgIpc) is 2.81. The molecule has 0 unspecified atom stereocenters. The Bertz CT molecular complexity index is 897. The standard InChI is InChI=1S/C26H36N2O4/c1-6-7-16-27-26(30)20(3)28(18-22-11-9-8-10-19(22)2)25(29)15-13-21-12-14-23(31-4)24(17-21)32-5/h8-12,14,17,20H,6-7,13,15-16,18H2,1-5H3,(H,27,30)/t20-/m0/s1. The first-order valence-corrected chi connectivity index (χ1v) is 11.2. The lowest BCUT2D eigenvalue weighted by molar-refractivity contribution is -0.140. The molecule has 174 valence electrons. The number of aryl methyl sites for hydroxylation is 2. The van der Waals surface area contributed by atoms with Crippen molar-refractivity contribution in [3.05, 3.63) is 59.2 Å². The third kappa shape index (κ3) is 7.01. The largest absolute Gasteiger partial charge is 0.493 e. The Morgan fingerprint density at radius 3 is 2.44 bits per heavy atom. The number of hydrogen-bond donors (Lipinski definition) is 1. The third-order valence-corrected chi connectivity index (χ3v) is 5.67. The summed E-state index contributed by atoms with van der Waals surface area (Å²) in [5.74, 6) is 1.12. The zero-order valence-electron chi connectivity index (χ0n) is 19.9. The number of benzene rings is 2. The number of methoxy groups -OCH3 is 2. The summed E-state index contributed by atoms with van der Waals surface area (Å²) in [5.41, 5.74) is 3.12. The molecular weight excluding hydrogens is 404 g/mol. The fourth-order valence-corrected chi connectivity index (χ4v) is 3.52. The van der Waals surface area contributed by atoms with Crippen molar-refractivity contribution < 1.29 is 19.1 Å². The minimum absolute atomic E-state index is 0.0545. The number of unbranched alkanes of at least 4 members (excludes halogenated alkanes) is 1. The molecule has 0 bridgehead atoms. The van der Waals surface area contributed by atoms with Crippen LogP contribution in [0.3, 0.4) is 0 Å². The van der Waals surface area contributed by atoms with Crippen LogP contribution in [-0.4, -0.2) is 43.5 Å². The fourth-order valence-electron chi connectivity index (χ4n) is 3.52. The van der Waals surface area contributed by atoms with Gasteiger partial charge in [0.1, 0.15) is 6.04 Å². The minimum atomic E-state index is -0.552. The van der Waals surface area contributed by atoms with E-state index in [0.29, 0.717) is 37.4 Å². The highest BCUT2D eigenvalue weighted by Crippen LogP contribution is 2.28. The molecule has 0 spiro atoms. The van der Waals surface area contributed by atoms with Gasteiger partial charge in [0.05, 0.1) is 14.2 Å². The molecule has 1 N–H and O–H groups in total. The highest BCUT2D eigenvalue weighted by Gasteiger charge is 2.26. The fraction of sp³-hybridized carbons (Fsp3) is 0.462. The second kappa shape index (κ2) is 12.7. The molecule has 2 aromatic carbocycles. The lowest BCUT2D eigenvalue weighted by atomic mass is 10.1. The second-order valence-electron chi connectivity index (χ2n) is 7.96. The van der Waals surface area contributed by atoms with E-state index in [4.69, 9.17) is 9.47 Å². The predicted octanol–water partition coefficient (Wildman–Crippen LogP) is 4.28. The molecule has 2 rings (SSSR count). The second-order valence-corrected chi connectivity index (χ2v) is 7.96. The van der Waals surface area contributed by atoms with E-state index in [1.165, 1.54) is 0 Å². The first-order valence-electron chi connectivity index (χ1n) is 11.2. The Morgan fingerprint density at radius 1 is 1.06 bits per heavy atom. The van der Waals surface area contributed by atoms with Gasteiger partial charge in [-0.3, -0.25) is 9.59 Å². The summed E-state index contributed by atoms with van der Waals surface area (Å²) < 4.78 is 10.7. The van der Waals surface area contributed by atoms with Gasteiger partial charge in [0.2, 0.25) is 11.8 Å². The van der Waals surface area contributed by atoms with Gasteiger partial charge in [-0.15, -0.1) is 0 Å². The van der Waals surface area contributed by atoms with E-state index < -0.39 is 6.04 Å². The number of nitrogens with one attached hydrogen (secondary N) is 1. The van der Waals surface area contributed by atoms with Gasteiger partial charge in [0.15, 0.2) is 11.5 Å². The number of nitrogens with zero attached hydrogens (tertiary/aromatic N) is 1. The van der Waals surface area contributed by atoms with Crippen molar-refractivity contribution in [3.8, 4) is 11.5 Å². The molecule has 0 fully saturated rings. The monoisotopic (exact) mass is 440 g/mol. The van der Waals surface area contributed by atoms with E-state index in [-0.39, 0.29) is 11.8 Å². The topological polar surface area (TPSA) is 67.9 Å². The maximum absolute atomic E-state index is 13.3. The van der Waals surface area contributed by atoms with Crippen molar-refractivity contribution in [1.29, 1.82) is 0 Å². The Labute approximate surface area is 191 Å². The molecule has 0 aliphatic heterocycles. The van der Waals surface area contributed by atoms with Gasteiger partial charge in [-0.05, 0) is 55.5 Å². The Balaban J connectivity index is 2.15. The quantitative estimate of drug-likeness (QED) is 0.500. The SMILES string of the molecule is CCCCNC(=O)[C@H](C)N(Cc1ccccc1C)C(=O)CCc1ccc(OC)c(OC)c1. The van der Waals surface area contributed by atoms with Crippen LogP contribution >= 0.6 is 0 Å². The van der Waals surface area contributed by atoms with Crippen molar-refractivity contribution >= 4 is 11.8 Å². The van der Waals surface area contributed by atoms with Crippen molar-refractivity contribution in [2.24, 2.45) is 0 Å². The van der Waals surface area contributed by atoms with Crippen LogP contribution in [-0.2, 0) is 22.6 Å². The molecule has 0 aromatic heterocycles. The third-order valence-electron chi connectivity index (χ3n) is 5.67. The van der Waals surface area contributed by atoms with Crippen LogP contribution < -0.4 is 14.8 Å². The molecule has 1 atom stereocenters. The van der Waals surface area contributed by atoms with Gasteiger partial charge in [-0.2, -0.15) is 0 Å². The van der Waals surface area contributed by atoms with Crippen LogP contribution in [0.15, 0.2) is 42.5 Å². The zero-order chi connectivity index (χ0) is 23.5. The maximum Gasteiger partial charge on any atom is 0.242 e. The molecule has 0 radical (unpaired) electrons. The number of carbonyl (C=O) groups is 2. The molecule has 2 aromatic rings. The van der Waals surface area contributed by atoms with Crippen LogP contribution in [0.4, 0.5) is 0 Å². The van der Waals surface area contributed by atoms with Crippen molar-refractivity contribution in [2.75, 3.05) is 20.8 Å². The summed E-state index contributed by atoms with van der Waals surface area (Å²) in [6.07, 6.45) is 2.77. The maximum atomic E-state index is 13.3. The van der Waals surface area contributed by atoms with Gasteiger partial charge in [0, 0.05) is 19.5 Å². The molecule has 0 aliphatic carbocycles. The number of hydrogen-bond acceptors (Lipinski definition) is 4. The van der Waals surface area contributed by atoms with Crippen LogP contribution in [0, 0.1) is 6.92 Å². The number of carbonyl (C=O) groups excluding carboxylic acids is 2. The lowest BCUT2D eigenvalue weighted by Gasteiger charge is -2.29. The van der Waals surface area contributed by atoms with E-state index in [2.05, 4.69) is 12.2 Å². The summed E-state index contributed by atoms with van der Waals surface area (Å²) in [4.78, 5) is 27.7.